The van der Waals surface area contributed by atoms with Gasteiger partial charge in [-0.25, -0.2) is 0 Å². The summed E-state index contributed by atoms with van der Waals surface area (Å²) < 4.78 is 5.21. The normalized spacial score (nSPS) is 10.4. The third kappa shape index (κ3) is 3.49. The van der Waals surface area contributed by atoms with Gasteiger partial charge in [0, 0.05) is 11.8 Å². The minimum atomic E-state index is -0.449. The maximum atomic E-state index is 10.9. The molecule has 1 aromatic carbocycles. The number of nitrogens with one attached hydrogen (secondary N) is 1. The van der Waals surface area contributed by atoms with Crippen LogP contribution >= 0.6 is 11.8 Å². The number of nitrogens with zero attached hydrogens (tertiary/aromatic N) is 1. The van der Waals surface area contributed by atoms with Gasteiger partial charge in [-0.15, -0.1) is 11.8 Å². The van der Waals surface area contributed by atoms with Crippen LogP contribution in [0.5, 0.6) is 0 Å². The summed E-state index contributed by atoms with van der Waals surface area (Å²) in [6, 6.07) is 8.70. The summed E-state index contributed by atoms with van der Waals surface area (Å²) in [5.74, 6) is 7.53. The Morgan fingerprint density at radius 2 is 2.21 bits per heavy atom. The highest BCUT2D eigenvalue weighted by atomic mass is 32.2. The summed E-state index contributed by atoms with van der Waals surface area (Å²) in [4.78, 5) is 10.4. The highest BCUT2D eigenvalue weighted by molar-refractivity contribution is 7.97. The largest absolute Gasteiger partial charge is 0.468 e. The Morgan fingerprint density at radius 1 is 1.37 bits per heavy atom. The second kappa shape index (κ2) is 6.26. The van der Waals surface area contributed by atoms with E-state index in [9.17, 15) is 10.1 Å². The van der Waals surface area contributed by atoms with Crippen molar-refractivity contribution in [3.05, 3.63) is 58.0 Å². The third-order valence-electron chi connectivity index (χ3n) is 2.51. The Kier molecular flexibility index (Phi) is 4.43. The minimum Gasteiger partial charge on any atom is -0.468 e. The van der Waals surface area contributed by atoms with Gasteiger partial charge in [-0.3, -0.25) is 16.0 Å². The van der Waals surface area contributed by atoms with Crippen LogP contribution in [0, 0.1) is 10.1 Å². The average Bonchev–Trinajstić information content (AvgIpc) is 2.91. The predicted octanol–water partition coefficient (Wildman–Crippen LogP) is 2.91. The van der Waals surface area contributed by atoms with Crippen LogP contribution in [0.2, 0.25) is 0 Å². The van der Waals surface area contributed by atoms with Gasteiger partial charge < -0.3 is 9.84 Å². The highest BCUT2D eigenvalue weighted by Crippen LogP contribution is 2.27. The summed E-state index contributed by atoms with van der Waals surface area (Å²) in [5, 5.41) is 10.9. The average molecular weight is 279 g/mol. The monoisotopic (exact) mass is 279 g/mol. The first kappa shape index (κ1) is 13.4. The lowest BCUT2D eigenvalue weighted by Crippen LogP contribution is -2.09. The number of hydrazine groups is 1. The van der Waals surface area contributed by atoms with Crippen molar-refractivity contribution in [3.63, 3.8) is 0 Å². The van der Waals surface area contributed by atoms with Crippen molar-refractivity contribution in [1.29, 1.82) is 0 Å². The number of thioether (sulfide) groups is 1. The van der Waals surface area contributed by atoms with Crippen molar-refractivity contribution >= 4 is 23.1 Å². The molecule has 2 aromatic rings. The van der Waals surface area contributed by atoms with Crippen LogP contribution in [0.15, 0.2) is 41.0 Å². The molecule has 0 aliphatic carbocycles. The molecule has 0 aliphatic rings. The van der Waals surface area contributed by atoms with Gasteiger partial charge in [-0.1, -0.05) is 6.07 Å². The van der Waals surface area contributed by atoms with E-state index in [1.165, 1.54) is 6.07 Å². The number of benzene rings is 1. The van der Waals surface area contributed by atoms with Crippen molar-refractivity contribution in [2.45, 2.75) is 11.5 Å². The smallest absolute Gasteiger partial charge is 0.293 e. The Balaban J connectivity index is 2.00. The van der Waals surface area contributed by atoms with Gasteiger partial charge in [-0.05, 0) is 23.8 Å². The molecule has 0 fully saturated rings. The lowest BCUT2D eigenvalue weighted by molar-refractivity contribution is -0.384. The van der Waals surface area contributed by atoms with E-state index in [1.807, 2.05) is 18.2 Å². The van der Waals surface area contributed by atoms with E-state index in [0.29, 0.717) is 11.4 Å². The molecule has 0 spiro atoms. The molecular weight excluding hydrogens is 266 g/mol. The number of anilines is 1. The highest BCUT2D eigenvalue weighted by Gasteiger charge is 2.13. The maximum absolute atomic E-state index is 10.9. The van der Waals surface area contributed by atoms with E-state index < -0.39 is 4.92 Å². The van der Waals surface area contributed by atoms with Crippen molar-refractivity contribution in [3.8, 4) is 0 Å². The summed E-state index contributed by atoms with van der Waals surface area (Å²) in [6.45, 7) is 0. The molecule has 0 bridgehead atoms. The molecule has 6 nitrogen and oxygen atoms in total. The maximum Gasteiger partial charge on any atom is 0.293 e. The van der Waals surface area contributed by atoms with Crippen molar-refractivity contribution < 1.29 is 9.34 Å². The molecule has 1 heterocycles. The molecule has 0 unspecified atom stereocenters. The molecule has 7 heteroatoms. The number of rotatable bonds is 6. The van der Waals surface area contributed by atoms with Crippen LogP contribution in [0.3, 0.4) is 0 Å². The Labute approximate surface area is 114 Å². The molecule has 0 atom stereocenters. The molecule has 19 heavy (non-hydrogen) atoms. The van der Waals surface area contributed by atoms with Crippen LogP contribution < -0.4 is 11.3 Å². The van der Waals surface area contributed by atoms with Crippen LogP contribution in [-0.2, 0) is 11.5 Å². The van der Waals surface area contributed by atoms with Gasteiger partial charge in [0.15, 0.2) is 0 Å². The second-order valence-electron chi connectivity index (χ2n) is 3.83. The van der Waals surface area contributed by atoms with E-state index in [4.69, 9.17) is 10.3 Å². The molecule has 0 amide bonds. The zero-order chi connectivity index (χ0) is 13.7. The summed E-state index contributed by atoms with van der Waals surface area (Å²) >= 11 is 1.63. The first-order valence-corrected chi connectivity index (χ1v) is 6.70. The van der Waals surface area contributed by atoms with Gasteiger partial charge in [-0.2, -0.15) is 0 Å². The van der Waals surface area contributed by atoms with Gasteiger partial charge >= 0.3 is 0 Å². The fraction of sp³-hybridized carbons (Fsp3) is 0.167. The number of nitrogen functional groups attached to an aromatic ring is 1. The van der Waals surface area contributed by atoms with Gasteiger partial charge in [0.25, 0.3) is 5.69 Å². The van der Waals surface area contributed by atoms with Crippen LogP contribution in [-0.4, -0.2) is 4.92 Å². The quantitative estimate of drug-likeness (QED) is 0.479. The second-order valence-corrected chi connectivity index (χ2v) is 4.81. The summed E-state index contributed by atoms with van der Waals surface area (Å²) in [5.41, 5.74) is 3.49. The van der Waals surface area contributed by atoms with Crippen LogP contribution in [0.4, 0.5) is 11.4 Å². The predicted molar refractivity (Wildman–Crippen MR) is 74.6 cm³/mol. The zero-order valence-electron chi connectivity index (χ0n) is 10.0. The number of hydrogen-bond donors (Lipinski definition) is 2. The molecule has 1 aromatic heterocycles. The molecule has 0 radical (unpaired) electrons. The number of nitro groups is 1. The molecule has 3 N–H and O–H groups in total. The lowest BCUT2D eigenvalue weighted by Gasteiger charge is -2.05. The van der Waals surface area contributed by atoms with Gasteiger partial charge in [0.2, 0.25) is 0 Å². The molecule has 0 saturated heterocycles. The molecule has 0 aliphatic heterocycles. The van der Waals surface area contributed by atoms with Crippen LogP contribution in [0.1, 0.15) is 11.3 Å². The van der Waals surface area contributed by atoms with E-state index in [-0.39, 0.29) is 5.69 Å². The number of nitrogens with two attached hydrogens (primary N) is 1. The molecular formula is C12H13N3O3S. The summed E-state index contributed by atoms with van der Waals surface area (Å²) in [7, 11) is 0. The van der Waals surface area contributed by atoms with Crippen molar-refractivity contribution in [1.82, 2.24) is 0 Å². The van der Waals surface area contributed by atoms with E-state index in [1.54, 1.807) is 24.1 Å². The van der Waals surface area contributed by atoms with Gasteiger partial charge in [0.05, 0.1) is 16.9 Å². The lowest BCUT2D eigenvalue weighted by atomic mass is 10.2. The van der Waals surface area contributed by atoms with E-state index in [0.717, 1.165) is 17.1 Å². The molecule has 100 valence electrons. The van der Waals surface area contributed by atoms with Crippen molar-refractivity contribution in [2.24, 2.45) is 5.84 Å². The topological polar surface area (TPSA) is 94.3 Å². The SMILES string of the molecule is NNc1ccc(CSCc2ccco2)cc1[N+](=O)[O-]. The molecule has 2 rings (SSSR count). The Bertz CT molecular complexity index is 557. The fourth-order valence-electron chi connectivity index (χ4n) is 1.60. The minimum absolute atomic E-state index is 0.0152. The standard InChI is InChI=1S/C12H13N3O3S/c13-14-11-4-3-9(6-12(11)15(16)17)7-19-8-10-2-1-5-18-10/h1-6,14H,7-8,13H2. The molecule has 0 saturated carbocycles. The first-order valence-electron chi connectivity index (χ1n) is 5.55. The zero-order valence-corrected chi connectivity index (χ0v) is 10.9. The van der Waals surface area contributed by atoms with Crippen molar-refractivity contribution in [2.75, 3.05) is 5.43 Å². The Hall–Kier alpha value is -1.99. The van der Waals surface area contributed by atoms with Crippen LogP contribution in [0.25, 0.3) is 0 Å². The first-order chi connectivity index (χ1) is 9.20. The van der Waals surface area contributed by atoms with Gasteiger partial charge in [0.1, 0.15) is 11.4 Å². The van der Waals surface area contributed by atoms with E-state index >= 15 is 0 Å². The third-order valence-corrected chi connectivity index (χ3v) is 3.53. The Morgan fingerprint density at radius 3 is 2.84 bits per heavy atom. The van der Waals surface area contributed by atoms with E-state index in [2.05, 4.69) is 5.43 Å². The number of nitro benzene ring substituents is 1. The fourth-order valence-corrected chi connectivity index (χ4v) is 2.49. The number of furan rings is 1. The summed E-state index contributed by atoms with van der Waals surface area (Å²) in [6.07, 6.45) is 1.63. The number of hydrogen-bond acceptors (Lipinski definition) is 6.